The van der Waals surface area contributed by atoms with E-state index >= 15 is 0 Å². The Labute approximate surface area is 190 Å². The predicted molar refractivity (Wildman–Crippen MR) is 134 cm³/mol. The first-order valence-electron chi connectivity index (χ1n) is 13.6. The maximum absolute atomic E-state index is 6.98. The van der Waals surface area contributed by atoms with E-state index in [-0.39, 0.29) is 0 Å². The van der Waals surface area contributed by atoms with Crippen molar-refractivity contribution in [1.29, 1.82) is 0 Å². The van der Waals surface area contributed by atoms with Crippen LogP contribution in [0, 0.1) is 0 Å². The van der Waals surface area contributed by atoms with Crippen molar-refractivity contribution in [2.24, 2.45) is 0 Å². The lowest BCUT2D eigenvalue weighted by Gasteiger charge is -2.34. The monoisotopic (exact) mass is 425 g/mol. The first-order valence-corrected chi connectivity index (χ1v) is 15.7. The van der Waals surface area contributed by atoms with E-state index < -0.39 is 14.5 Å². The number of hydrogen-bond donors (Lipinski definition) is 0. The highest BCUT2D eigenvalue weighted by atomic mass is 27.2. The molecule has 0 amide bonds. The topological polar surface area (TPSA) is 12.5 Å². The van der Waals surface area contributed by atoms with E-state index in [4.69, 9.17) is 3.79 Å². The van der Waals surface area contributed by atoms with Crippen LogP contribution in [0.2, 0.25) is 10.6 Å². The van der Waals surface area contributed by atoms with Crippen molar-refractivity contribution in [1.82, 2.24) is 4.90 Å². The van der Waals surface area contributed by atoms with E-state index in [0.717, 1.165) is 0 Å². The molecule has 0 heterocycles. The molecule has 0 aromatic heterocycles. The zero-order chi connectivity index (χ0) is 21.6. The van der Waals surface area contributed by atoms with Crippen LogP contribution in [-0.4, -0.2) is 38.7 Å². The van der Waals surface area contributed by atoms with Crippen molar-refractivity contribution >= 4 is 14.5 Å². The molecule has 29 heavy (non-hydrogen) atoms. The summed E-state index contributed by atoms with van der Waals surface area (Å²) in [6.45, 7) is 14.0. The van der Waals surface area contributed by atoms with Crippen molar-refractivity contribution in [3.63, 3.8) is 0 Å². The minimum atomic E-state index is -1.09. The molecule has 0 N–H and O–H groups in total. The summed E-state index contributed by atoms with van der Waals surface area (Å²) in [4.78, 5) is 2.66. The number of hydrogen-bond acceptors (Lipinski definition) is 2. The van der Waals surface area contributed by atoms with Crippen LogP contribution in [0.15, 0.2) is 0 Å². The summed E-state index contributed by atoms with van der Waals surface area (Å²) in [6.07, 6.45) is 22.3. The highest BCUT2D eigenvalue weighted by molar-refractivity contribution is 6.51. The molecule has 0 fully saturated rings. The Balaban J connectivity index is 4.60. The molecular formula is C26H56AlNO. The molecule has 0 aliphatic rings. The van der Waals surface area contributed by atoms with Gasteiger partial charge in [-0.15, -0.1) is 0 Å². The molecule has 0 aliphatic carbocycles. The van der Waals surface area contributed by atoms with Crippen LogP contribution in [0.25, 0.3) is 0 Å². The van der Waals surface area contributed by atoms with Gasteiger partial charge in [0, 0.05) is 13.1 Å². The van der Waals surface area contributed by atoms with Crippen LogP contribution in [0.3, 0.4) is 0 Å². The Morgan fingerprint density at radius 1 is 0.552 bits per heavy atom. The van der Waals surface area contributed by atoms with Gasteiger partial charge in [-0.3, -0.25) is 4.90 Å². The molecule has 1 unspecified atom stereocenters. The molecule has 0 radical (unpaired) electrons. The van der Waals surface area contributed by atoms with Crippen molar-refractivity contribution < 1.29 is 3.79 Å². The van der Waals surface area contributed by atoms with Crippen molar-refractivity contribution in [3.8, 4) is 0 Å². The Bertz CT molecular complexity index is 291. The summed E-state index contributed by atoms with van der Waals surface area (Å²) in [5, 5.41) is 2.82. The highest BCUT2D eigenvalue weighted by Gasteiger charge is 2.26. The van der Waals surface area contributed by atoms with Gasteiger partial charge >= 0.3 is 14.5 Å². The van der Waals surface area contributed by atoms with Crippen LogP contribution in [0.5, 0.6) is 0 Å². The third-order valence-electron chi connectivity index (χ3n) is 6.07. The molecule has 0 aliphatic heterocycles. The SMILES string of the molecule is CCCCCCC[CH2][Al]([CH2]CCCCCCC)[O]C(CCC)N(CCC)CCC. The normalized spacial score (nSPS) is 12.6. The van der Waals surface area contributed by atoms with E-state index in [9.17, 15) is 0 Å². The lowest BCUT2D eigenvalue weighted by molar-refractivity contribution is 0.0146. The molecule has 0 aromatic rings. The molecule has 1 atom stereocenters. The molecule has 0 aromatic carbocycles. The third kappa shape index (κ3) is 17.8. The second-order valence-corrected chi connectivity index (χ2v) is 11.8. The quantitative estimate of drug-likeness (QED) is 0.0920. The molecule has 3 heteroatoms. The van der Waals surface area contributed by atoms with Crippen LogP contribution in [0.1, 0.15) is 137 Å². The Hall–Kier alpha value is 0.452. The van der Waals surface area contributed by atoms with Crippen LogP contribution < -0.4 is 0 Å². The van der Waals surface area contributed by atoms with E-state index in [1.54, 1.807) is 0 Å². The molecule has 2 nitrogen and oxygen atoms in total. The molecule has 0 rings (SSSR count). The van der Waals surface area contributed by atoms with Crippen molar-refractivity contribution in [2.75, 3.05) is 13.1 Å². The van der Waals surface area contributed by atoms with Crippen LogP contribution in [-0.2, 0) is 3.79 Å². The van der Waals surface area contributed by atoms with Crippen molar-refractivity contribution in [2.45, 2.75) is 154 Å². The standard InChI is InChI=1S/C10H22NO.2C8H17.Al/c1-4-7-10(12)11(8-5-2)9-6-3;2*1-3-5-7-8-6-4-2;/h10H,4-9H2,1-3H3;2*1,3-8H2,2H3;/q-1;;;+1. The maximum atomic E-state index is 6.98. The number of unbranched alkanes of at least 4 members (excludes halogenated alkanes) is 10. The van der Waals surface area contributed by atoms with Gasteiger partial charge in [0.15, 0.2) is 0 Å². The van der Waals surface area contributed by atoms with E-state index in [0.29, 0.717) is 6.23 Å². The zero-order valence-electron chi connectivity index (χ0n) is 21.2. The second-order valence-electron chi connectivity index (χ2n) is 9.15. The third-order valence-corrected chi connectivity index (χ3v) is 8.88. The molecule has 0 saturated carbocycles. The van der Waals surface area contributed by atoms with Gasteiger partial charge in [0.25, 0.3) is 0 Å². The summed E-state index contributed by atoms with van der Waals surface area (Å²) in [7, 11) is 0. The minimum absolute atomic E-state index is 0.400. The van der Waals surface area contributed by atoms with Crippen LogP contribution in [0.4, 0.5) is 0 Å². The van der Waals surface area contributed by atoms with Gasteiger partial charge in [-0.25, -0.2) is 0 Å². The smallest absolute Gasteiger partial charge is 0.461 e. The average Bonchev–Trinajstić information content (AvgIpc) is 2.72. The number of nitrogens with zero attached hydrogens (tertiary/aromatic N) is 1. The van der Waals surface area contributed by atoms with Gasteiger partial charge < -0.3 is 3.79 Å². The molecule has 174 valence electrons. The average molecular weight is 426 g/mol. The molecule has 0 bridgehead atoms. The van der Waals surface area contributed by atoms with Gasteiger partial charge in [0.2, 0.25) is 0 Å². The fraction of sp³-hybridized carbons (Fsp3) is 1.00. The van der Waals surface area contributed by atoms with E-state index in [2.05, 4.69) is 39.5 Å². The Kier molecular flexibility index (Phi) is 23.5. The zero-order valence-corrected chi connectivity index (χ0v) is 22.3. The Morgan fingerprint density at radius 2 is 1.00 bits per heavy atom. The minimum Gasteiger partial charge on any atom is -0.487 e. The summed E-state index contributed by atoms with van der Waals surface area (Å²) in [5.74, 6) is 0. The van der Waals surface area contributed by atoms with Crippen LogP contribution >= 0.6 is 0 Å². The van der Waals surface area contributed by atoms with E-state index in [1.807, 2.05) is 0 Å². The van der Waals surface area contributed by atoms with Gasteiger partial charge in [-0.2, -0.15) is 0 Å². The van der Waals surface area contributed by atoms with Gasteiger partial charge in [0.1, 0.15) is 0 Å². The van der Waals surface area contributed by atoms with Gasteiger partial charge in [-0.1, -0.05) is 129 Å². The Morgan fingerprint density at radius 3 is 1.41 bits per heavy atom. The van der Waals surface area contributed by atoms with E-state index in [1.165, 1.54) is 126 Å². The maximum Gasteiger partial charge on any atom is 0.461 e. The molecule has 0 spiro atoms. The lowest BCUT2D eigenvalue weighted by Crippen LogP contribution is -2.42. The second kappa shape index (κ2) is 23.1. The van der Waals surface area contributed by atoms with Gasteiger partial charge in [0.05, 0.1) is 6.23 Å². The largest absolute Gasteiger partial charge is 0.487 e. The van der Waals surface area contributed by atoms with Gasteiger partial charge in [-0.05, 0) is 19.3 Å². The highest BCUT2D eigenvalue weighted by Crippen LogP contribution is 2.20. The first-order chi connectivity index (χ1) is 14.2. The van der Waals surface area contributed by atoms with Crippen molar-refractivity contribution in [3.05, 3.63) is 0 Å². The molecular weight excluding hydrogens is 369 g/mol. The fourth-order valence-electron chi connectivity index (χ4n) is 4.37. The summed E-state index contributed by atoms with van der Waals surface area (Å²) in [6, 6.07) is 0. The lowest BCUT2D eigenvalue weighted by atomic mass is 10.1. The summed E-state index contributed by atoms with van der Waals surface area (Å²) < 4.78 is 6.98. The predicted octanol–water partition coefficient (Wildman–Crippen LogP) is 8.96. The molecule has 0 saturated heterocycles. The number of rotatable bonds is 23. The first kappa shape index (κ1) is 29.5. The summed E-state index contributed by atoms with van der Waals surface area (Å²) in [5.41, 5.74) is 0. The summed E-state index contributed by atoms with van der Waals surface area (Å²) >= 11 is -1.09. The fourth-order valence-corrected chi connectivity index (χ4v) is 7.17.